The quantitative estimate of drug-likeness (QED) is 0.647. The molecule has 0 saturated carbocycles. The third-order valence-corrected chi connectivity index (χ3v) is 3.02. The van der Waals surface area contributed by atoms with E-state index in [9.17, 15) is 18.3 Å². The van der Waals surface area contributed by atoms with Crippen molar-refractivity contribution >= 4 is 17.2 Å². The van der Waals surface area contributed by atoms with Crippen molar-refractivity contribution in [3.63, 3.8) is 0 Å². The smallest absolute Gasteiger partial charge is 0.433 e. The van der Waals surface area contributed by atoms with E-state index in [2.05, 4.69) is 15.6 Å². The predicted octanol–water partition coefficient (Wildman–Crippen LogP) is 3.48. The molecule has 0 fully saturated rings. The number of hydrogen-bond donors (Lipinski definition) is 3. The minimum atomic E-state index is -4.49. The Kier molecular flexibility index (Phi) is 2.70. The molecular formula is C13H10F3N3O. The van der Waals surface area contributed by atoms with Gasteiger partial charge in [0.2, 0.25) is 0 Å². The van der Waals surface area contributed by atoms with Crippen molar-refractivity contribution in [2.45, 2.75) is 12.7 Å². The lowest BCUT2D eigenvalue weighted by Gasteiger charge is -2.11. The highest BCUT2D eigenvalue weighted by molar-refractivity contribution is 5.80. The molecule has 4 nitrogen and oxygen atoms in total. The van der Waals surface area contributed by atoms with Gasteiger partial charge in [-0.1, -0.05) is 12.1 Å². The van der Waals surface area contributed by atoms with Gasteiger partial charge in [-0.2, -0.15) is 13.2 Å². The molecule has 0 bridgehead atoms. The molecule has 0 aliphatic carbocycles. The summed E-state index contributed by atoms with van der Waals surface area (Å²) in [6, 6.07) is 7.06. The molecule has 0 atom stereocenters. The molecule has 2 aromatic rings. The standard InChI is InChI=1S/C13H10F3N3O/c14-13(15,16)10-5-4-7-6-17-11-8(18-12(7)19-10)2-1-3-9(11)20/h1-5,17,20H,6H2,(H,18,19). The Morgan fingerprint density at radius 1 is 1.15 bits per heavy atom. The fraction of sp³-hybridized carbons (Fsp3) is 0.154. The number of para-hydroxylation sites is 1. The van der Waals surface area contributed by atoms with E-state index in [1.165, 1.54) is 12.1 Å². The summed E-state index contributed by atoms with van der Waals surface area (Å²) in [5, 5.41) is 15.5. The number of nitrogens with zero attached hydrogens (tertiary/aromatic N) is 1. The largest absolute Gasteiger partial charge is 0.506 e. The summed E-state index contributed by atoms with van der Waals surface area (Å²) >= 11 is 0. The number of halogens is 3. The van der Waals surface area contributed by atoms with Crippen LogP contribution in [0.3, 0.4) is 0 Å². The Morgan fingerprint density at radius 3 is 2.70 bits per heavy atom. The molecule has 3 rings (SSSR count). The van der Waals surface area contributed by atoms with Gasteiger partial charge in [0, 0.05) is 12.1 Å². The van der Waals surface area contributed by atoms with Gasteiger partial charge < -0.3 is 15.7 Å². The Morgan fingerprint density at radius 2 is 1.95 bits per heavy atom. The second-order valence-corrected chi connectivity index (χ2v) is 4.38. The number of hydrogen-bond acceptors (Lipinski definition) is 4. The van der Waals surface area contributed by atoms with Gasteiger partial charge in [0.15, 0.2) is 0 Å². The molecule has 104 valence electrons. The Hall–Kier alpha value is -2.44. The summed E-state index contributed by atoms with van der Waals surface area (Å²) in [6.45, 7) is 0.276. The molecule has 20 heavy (non-hydrogen) atoms. The summed E-state index contributed by atoms with van der Waals surface area (Å²) in [7, 11) is 0. The normalized spacial score (nSPS) is 13.6. The maximum atomic E-state index is 12.7. The van der Waals surface area contributed by atoms with Gasteiger partial charge in [0.25, 0.3) is 0 Å². The molecule has 1 aliphatic rings. The molecule has 3 N–H and O–H groups in total. The first-order valence-electron chi connectivity index (χ1n) is 5.85. The number of benzene rings is 1. The lowest BCUT2D eigenvalue weighted by atomic mass is 10.2. The number of alkyl halides is 3. The maximum Gasteiger partial charge on any atom is 0.433 e. The SMILES string of the molecule is Oc1cccc2c1NCc1ccc(C(F)(F)F)nc1N2. The zero-order chi connectivity index (χ0) is 14.3. The van der Waals surface area contributed by atoms with E-state index in [1.54, 1.807) is 12.1 Å². The number of aromatic hydroxyl groups is 1. The number of aromatic nitrogens is 1. The van der Waals surface area contributed by atoms with Crippen molar-refractivity contribution in [2.24, 2.45) is 0 Å². The van der Waals surface area contributed by atoms with E-state index in [0.29, 0.717) is 16.9 Å². The lowest BCUT2D eigenvalue weighted by Crippen LogP contribution is -2.10. The third kappa shape index (κ3) is 2.11. The summed E-state index contributed by atoms with van der Waals surface area (Å²) in [4.78, 5) is 3.62. The van der Waals surface area contributed by atoms with Crippen molar-refractivity contribution in [1.29, 1.82) is 0 Å². The highest BCUT2D eigenvalue weighted by atomic mass is 19.4. The molecule has 2 heterocycles. The van der Waals surface area contributed by atoms with Crippen LogP contribution in [0.2, 0.25) is 0 Å². The molecule has 7 heteroatoms. The van der Waals surface area contributed by atoms with Gasteiger partial charge in [0.1, 0.15) is 22.9 Å². The van der Waals surface area contributed by atoms with Gasteiger partial charge in [-0.25, -0.2) is 4.98 Å². The number of phenolic OH excluding ortho intramolecular Hbond substituents is 1. The molecule has 0 amide bonds. The molecule has 0 unspecified atom stereocenters. The molecular weight excluding hydrogens is 271 g/mol. The van der Waals surface area contributed by atoms with Gasteiger partial charge >= 0.3 is 6.18 Å². The maximum absolute atomic E-state index is 12.7. The molecule has 1 aliphatic heterocycles. The molecule has 1 aromatic heterocycles. The molecule has 1 aromatic carbocycles. The van der Waals surface area contributed by atoms with Crippen LogP contribution in [0.15, 0.2) is 30.3 Å². The van der Waals surface area contributed by atoms with Gasteiger partial charge in [-0.15, -0.1) is 0 Å². The van der Waals surface area contributed by atoms with Crippen LogP contribution in [-0.2, 0) is 12.7 Å². The highest BCUT2D eigenvalue weighted by Gasteiger charge is 2.33. The predicted molar refractivity (Wildman–Crippen MR) is 68.0 cm³/mol. The Bertz CT molecular complexity index is 670. The molecule has 0 spiro atoms. The van der Waals surface area contributed by atoms with Crippen LogP contribution in [-0.4, -0.2) is 10.1 Å². The van der Waals surface area contributed by atoms with Crippen LogP contribution in [0.5, 0.6) is 5.75 Å². The summed E-state index contributed by atoms with van der Waals surface area (Å²) in [5.41, 5.74) is 0.565. The second kappa shape index (κ2) is 4.29. The lowest BCUT2D eigenvalue weighted by molar-refractivity contribution is -0.141. The summed E-state index contributed by atoms with van der Waals surface area (Å²) in [5.74, 6) is 0.163. The summed E-state index contributed by atoms with van der Waals surface area (Å²) in [6.07, 6.45) is -4.49. The van der Waals surface area contributed by atoms with E-state index < -0.39 is 11.9 Å². The topological polar surface area (TPSA) is 57.2 Å². The van der Waals surface area contributed by atoms with E-state index in [1.807, 2.05) is 0 Å². The number of nitrogens with one attached hydrogen (secondary N) is 2. The van der Waals surface area contributed by atoms with Crippen molar-refractivity contribution < 1.29 is 18.3 Å². The van der Waals surface area contributed by atoms with Crippen LogP contribution in [0.25, 0.3) is 0 Å². The van der Waals surface area contributed by atoms with Crippen molar-refractivity contribution in [3.8, 4) is 5.75 Å². The Balaban J connectivity index is 2.07. The van der Waals surface area contributed by atoms with E-state index in [0.717, 1.165) is 6.07 Å². The van der Waals surface area contributed by atoms with Gasteiger partial charge in [-0.3, -0.25) is 0 Å². The highest BCUT2D eigenvalue weighted by Crippen LogP contribution is 2.38. The first-order chi connectivity index (χ1) is 9.45. The van der Waals surface area contributed by atoms with E-state index >= 15 is 0 Å². The number of anilines is 3. The van der Waals surface area contributed by atoms with Gasteiger partial charge in [0.05, 0.1) is 5.69 Å². The van der Waals surface area contributed by atoms with Crippen LogP contribution >= 0.6 is 0 Å². The number of fused-ring (bicyclic) bond motifs is 2. The second-order valence-electron chi connectivity index (χ2n) is 4.38. The zero-order valence-electron chi connectivity index (χ0n) is 10.1. The Labute approximate surface area is 112 Å². The number of pyridine rings is 1. The number of phenols is 1. The van der Waals surface area contributed by atoms with Gasteiger partial charge in [-0.05, 0) is 18.2 Å². The van der Waals surface area contributed by atoms with E-state index in [4.69, 9.17) is 0 Å². The molecule has 0 radical (unpaired) electrons. The van der Waals surface area contributed by atoms with Crippen LogP contribution in [0, 0.1) is 0 Å². The van der Waals surface area contributed by atoms with Crippen molar-refractivity contribution in [3.05, 3.63) is 41.6 Å². The minimum Gasteiger partial charge on any atom is -0.506 e. The average molecular weight is 281 g/mol. The monoisotopic (exact) mass is 281 g/mol. The summed E-state index contributed by atoms with van der Waals surface area (Å²) < 4.78 is 38.0. The van der Waals surface area contributed by atoms with Crippen LogP contribution in [0.4, 0.5) is 30.4 Å². The fourth-order valence-corrected chi connectivity index (χ4v) is 2.04. The zero-order valence-corrected chi connectivity index (χ0v) is 10.1. The average Bonchev–Trinajstić information content (AvgIpc) is 2.56. The minimum absolute atomic E-state index is 0.0267. The fourth-order valence-electron chi connectivity index (χ4n) is 2.04. The van der Waals surface area contributed by atoms with Crippen molar-refractivity contribution in [2.75, 3.05) is 10.6 Å². The van der Waals surface area contributed by atoms with E-state index in [-0.39, 0.29) is 18.1 Å². The van der Waals surface area contributed by atoms with Crippen LogP contribution < -0.4 is 10.6 Å². The van der Waals surface area contributed by atoms with Crippen molar-refractivity contribution in [1.82, 2.24) is 4.98 Å². The molecule has 0 saturated heterocycles. The third-order valence-electron chi connectivity index (χ3n) is 3.02. The van der Waals surface area contributed by atoms with Crippen LogP contribution in [0.1, 0.15) is 11.3 Å². The first kappa shape index (κ1) is 12.6. The first-order valence-corrected chi connectivity index (χ1v) is 5.85. The number of rotatable bonds is 0.